The standard InChI is InChI=1S/2C18H17.C2H4.Zr/c2*1-13(2)15-11-12-18-16(9-6-10-17(15)18)14-7-4-3-5-8-14;1-2;/h2*3-10,12-13,15H,1-2H3;1-2H2;/t2*15-;;/m10../s1. The molecule has 1 heterocycles. The van der Waals surface area contributed by atoms with Crippen LogP contribution in [0, 0.1) is 11.8 Å². The summed E-state index contributed by atoms with van der Waals surface area (Å²) in [6.07, 6.45) is 5.43. The quantitative estimate of drug-likeness (QED) is 0.211. The third kappa shape index (κ3) is 4.04. The molecule has 0 N–H and O–H groups in total. The van der Waals surface area contributed by atoms with Crippen molar-refractivity contribution >= 4 is 12.2 Å². The molecule has 0 aromatic heterocycles. The molecule has 4 aromatic rings. The first-order valence-corrected chi connectivity index (χ1v) is 20.7. The van der Waals surface area contributed by atoms with Crippen LogP contribution in [-0.4, -0.2) is 0 Å². The van der Waals surface area contributed by atoms with Gasteiger partial charge in [-0.1, -0.05) is 0 Å². The van der Waals surface area contributed by atoms with Gasteiger partial charge in [-0.3, -0.25) is 0 Å². The van der Waals surface area contributed by atoms with Crippen molar-refractivity contribution in [3.8, 4) is 22.3 Å². The number of hydrogen-bond acceptors (Lipinski definition) is 0. The van der Waals surface area contributed by atoms with Gasteiger partial charge < -0.3 is 0 Å². The second-order valence-corrected chi connectivity index (χ2v) is 23.2. The number of fused-ring (bicyclic) bond motifs is 2. The van der Waals surface area contributed by atoms with Crippen LogP contribution < -0.4 is 0 Å². The van der Waals surface area contributed by atoms with Gasteiger partial charge in [0.1, 0.15) is 0 Å². The Morgan fingerprint density at radius 1 is 0.513 bits per heavy atom. The minimum atomic E-state index is -2.75. The fourth-order valence-corrected chi connectivity index (χ4v) is 23.1. The average molecular weight is 586 g/mol. The molecular formula is C38H38Zr. The van der Waals surface area contributed by atoms with E-state index in [-0.39, 0.29) is 0 Å². The Kier molecular flexibility index (Phi) is 6.28. The van der Waals surface area contributed by atoms with Gasteiger partial charge in [-0.05, 0) is 0 Å². The molecule has 0 radical (unpaired) electrons. The second kappa shape index (κ2) is 9.71. The van der Waals surface area contributed by atoms with Crippen molar-refractivity contribution in [3.63, 3.8) is 0 Å². The molecule has 3 aliphatic rings. The van der Waals surface area contributed by atoms with E-state index in [0.717, 1.165) is 0 Å². The van der Waals surface area contributed by atoms with Crippen molar-refractivity contribution in [2.45, 2.75) is 47.8 Å². The van der Waals surface area contributed by atoms with Gasteiger partial charge in [0.25, 0.3) is 0 Å². The van der Waals surface area contributed by atoms with Gasteiger partial charge >= 0.3 is 240 Å². The molecule has 1 heteroatoms. The molecule has 39 heavy (non-hydrogen) atoms. The molecule has 1 aliphatic heterocycles. The van der Waals surface area contributed by atoms with Crippen molar-refractivity contribution in [3.05, 3.63) is 126 Å². The summed E-state index contributed by atoms with van der Waals surface area (Å²) in [6, 6.07) is 36.2. The van der Waals surface area contributed by atoms with Gasteiger partial charge in [0.05, 0.1) is 0 Å². The fraction of sp³-hybridized carbons (Fsp3) is 0.263. The first-order chi connectivity index (χ1) is 19.0. The van der Waals surface area contributed by atoms with Gasteiger partial charge in [-0.25, -0.2) is 0 Å². The molecule has 0 nitrogen and oxygen atoms in total. The van der Waals surface area contributed by atoms with Gasteiger partial charge in [0.15, 0.2) is 0 Å². The van der Waals surface area contributed by atoms with E-state index in [0.29, 0.717) is 23.7 Å². The molecule has 2 atom stereocenters. The molecule has 0 spiro atoms. The summed E-state index contributed by atoms with van der Waals surface area (Å²) in [5.74, 6) is 2.35. The summed E-state index contributed by atoms with van der Waals surface area (Å²) in [5, 5.41) is 0. The van der Waals surface area contributed by atoms with Crippen LogP contribution in [0.5, 0.6) is 0 Å². The first-order valence-electron chi connectivity index (χ1n) is 14.8. The molecule has 0 bridgehead atoms. The fourth-order valence-electron chi connectivity index (χ4n) is 7.77. The van der Waals surface area contributed by atoms with E-state index in [2.05, 4.69) is 137 Å². The molecule has 1 fully saturated rings. The third-order valence-electron chi connectivity index (χ3n) is 9.58. The number of hydrogen-bond donors (Lipinski definition) is 0. The molecule has 7 rings (SSSR count). The Balaban J connectivity index is 1.39. The summed E-state index contributed by atoms with van der Waals surface area (Å²) >= 11 is -2.75. The number of benzene rings is 4. The van der Waals surface area contributed by atoms with Gasteiger partial charge in [-0.15, -0.1) is 0 Å². The van der Waals surface area contributed by atoms with Crippen molar-refractivity contribution in [1.29, 1.82) is 0 Å². The maximum atomic E-state index is 2.71. The van der Waals surface area contributed by atoms with Gasteiger partial charge in [0, 0.05) is 0 Å². The summed E-state index contributed by atoms with van der Waals surface area (Å²) < 4.78 is 6.71. The Labute approximate surface area is 238 Å². The van der Waals surface area contributed by atoms with Crippen LogP contribution in [0.1, 0.15) is 61.8 Å². The first kappa shape index (κ1) is 25.2. The molecule has 0 unspecified atom stereocenters. The zero-order valence-electron chi connectivity index (χ0n) is 23.6. The minimum absolute atomic E-state index is 0.563. The molecule has 0 saturated carbocycles. The SMILES string of the molecule is CC(C)[C@@H]1[C]([Zr]2([C]3=Cc4c(-c5ccccc5)cccc4[C@H]3C(C)C)[CH2][CH2]2)=Cc2c(-c3ccccc3)cccc21. The number of allylic oxidation sites excluding steroid dienone is 2. The predicted molar refractivity (Wildman–Crippen MR) is 164 cm³/mol. The monoisotopic (exact) mass is 584 g/mol. The van der Waals surface area contributed by atoms with Crippen LogP contribution in [0.3, 0.4) is 0 Å². The van der Waals surface area contributed by atoms with Crippen LogP contribution in [0.15, 0.2) is 104 Å². The molecule has 1 saturated heterocycles. The topological polar surface area (TPSA) is 0 Å². The van der Waals surface area contributed by atoms with Crippen molar-refractivity contribution < 1.29 is 20.3 Å². The Morgan fingerprint density at radius 3 is 1.28 bits per heavy atom. The predicted octanol–water partition coefficient (Wildman–Crippen LogP) is 10.9. The van der Waals surface area contributed by atoms with Crippen molar-refractivity contribution in [1.82, 2.24) is 0 Å². The van der Waals surface area contributed by atoms with E-state index in [1.165, 1.54) is 41.6 Å². The van der Waals surface area contributed by atoms with Crippen LogP contribution >= 0.6 is 0 Å². The molecule has 0 amide bonds. The molecule has 4 aromatic carbocycles. The van der Waals surface area contributed by atoms with E-state index in [1.807, 2.05) is 6.56 Å². The summed E-state index contributed by atoms with van der Waals surface area (Å²) in [4.78, 5) is 0. The van der Waals surface area contributed by atoms with E-state index in [9.17, 15) is 0 Å². The summed E-state index contributed by atoms with van der Waals surface area (Å²) in [5.41, 5.74) is 11.7. The van der Waals surface area contributed by atoms with Crippen LogP contribution in [0.4, 0.5) is 0 Å². The maximum absolute atomic E-state index is 2.75. The van der Waals surface area contributed by atoms with Gasteiger partial charge in [-0.2, -0.15) is 0 Å². The number of rotatable bonds is 6. The van der Waals surface area contributed by atoms with Crippen molar-refractivity contribution in [2.24, 2.45) is 11.8 Å². The van der Waals surface area contributed by atoms with E-state index < -0.39 is 20.3 Å². The Morgan fingerprint density at radius 2 is 0.923 bits per heavy atom. The van der Waals surface area contributed by atoms with Crippen LogP contribution in [0.2, 0.25) is 8.26 Å². The summed E-state index contributed by atoms with van der Waals surface area (Å²) in [6.45, 7) is 9.82. The average Bonchev–Trinajstić information content (AvgIpc) is 3.50. The molecule has 2 aliphatic carbocycles. The normalized spacial score (nSPS) is 20.6. The zero-order chi connectivity index (χ0) is 26.7. The van der Waals surface area contributed by atoms with E-state index in [1.54, 1.807) is 11.1 Å². The van der Waals surface area contributed by atoms with Crippen LogP contribution in [-0.2, 0) is 20.3 Å². The Bertz CT molecular complexity index is 1480. The third-order valence-corrected chi connectivity index (χ3v) is 20.9. The van der Waals surface area contributed by atoms with Gasteiger partial charge in [0.2, 0.25) is 0 Å². The van der Waals surface area contributed by atoms with E-state index in [4.69, 9.17) is 0 Å². The Hall–Kier alpha value is -2.76. The molecule has 194 valence electrons. The van der Waals surface area contributed by atoms with Crippen molar-refractivity contribution in [2.75, 3.05) is 0 Å². The zero-order valence-corrected chi connectivity index (χ0v) is 26.1. The summed E-state index contributed by atoms with van der Waals surface area (Å²) in [7, 11) is 0. The molecular weight excluding hydrogens is 548 g/mol. The van der Waals surface area contributed by atoms with Crippen LogP contribution in [0.25, 0.3) is 34.4 Å². The second-order valence-electron chi connectivity index (χ2n) is 12.6. The van der Waals surface area contributed by atoms with E-state index >= 15 is 0 Å².